The SMILES string of the molecule is CCCCNC=O.O. The van der Waals surface area contributed by atoms with Crippen molar-refractivity contribution in [1.82, 2.24) is 5.32 Å². The van der Waals surface area contributed by atoms with Crippen LogP contribution in [0.2, 0.25) is 0 Å². The quantitative estimate of drug-likeness (QED) is 0.401. The van der Waals surface area contributed by atoms with E-state index in [-0.39, 0.29) is 5.48 Å². The lowest BCUT2D eigenvalue weighted by molar-refractivity contribution is -0.109. The van der Waals surface area contributed by atoms with E-state index >= 15 is 0 Å². The van der Waals surface area contributed by atoms with Crippen LogP contribution in [0.4, 0.5) is 0 Å². The van der Waals surface area contributed by atoms with E-state index in [2.05, 4.69) is 12.2 Å². The van der Waals surface area contributed by atoms with E-state index in [1.54, 1.807) is 0 Å². The maximum absolute atomic E-state index is 9.57. The van der Waals surface area contributed by atoms with Crippen LogP contribution in [0.1, 0.15) is 19.8 Å². The van der Waals surface area contributed by atoms with Gasteiger partial charge in [-0.2, -0.15) is 0 Å². The number of carbonyl (C=O) groups excluding carboxylic acids is 1. The second-order valence-corrected chi connectivity index (χ2v) is 1.43. The van der Waals surface area contributed by atoms with Crippen molar-refractivity contribution in [2.75, 3.05) is 6.54 Å². The van der Waals surface area contributed by atoms with Gasteiger partial charge in [-0.15, -0.1) is 0 Å². The summed E-state index contributed by atoms with van der Waals surface area (Å²) < 4.78 is 0. The fraction of sp³-hybridized carbons (Fsp3) is 0.800. The highest BCUT2D eigenvalue weighted by molar-refractivity contribution is 5.45. The van der Waals surface area contributed by atoms with Crippen molar-refractivity contribution in [1.29, 1.82) is 0 Å². The number of hydrogen-bond acceptors (Lipinski definition) is 1. The molecule has 0 bridgehead atoms. The molecule has 0 fully saturated rings. The van der Waals surface area contributed by atoms with E-state index in [4.69, 9.17) is 0 Å². The smallest absolute Gasteiger partial charge is 0.207 e. The highest BCUT2D eigenvalue weighted by Crippen LogP contribution is 1.79. The molecule has 0 aromatic carbocycles. The fourth-order valence-electron chi connectivity index (χ4n) is 0.338. The molecule has 50 valence electrons. The van der Waals surface area contributed by atoms with Crippen molar-refractivity contribution in [3.63, 3.8) is 0 Å². The second kappa shape index (κ2) is 9.66. The van der Waals surface area contributed by atoms with Gasteiger partial charge in [0.15, 0.2) is 0 Å². The molecule has 0 saturated heterocycles. The second-order valence-electron chi connectivity index (χ2n) is 1.43. The molecule has 0 spiro atoms. The highest BCUT2D eigenvalue weighted by Gasteiger charge is 1.76. The highest BCUT2D eigenvalue weighted by atomic mass is 16.1. The summed E-state index contributed by atoms with van der Waals surface area (Å²) in [7, 11) is 0. The average molecular weight is 119 g/mol. The molecule has 1 amide bonds. The van der Waals surface area contributed by atoms with Crippen molar-refractivity contribution in [3.05, 3.63) is 0 Å². The van der Waals surface area contributed by atoms with Crippen LogP contribution < -0.4 is 5.32 Å². The molecule has 0 heterocycles. The average Bonchev–Trinajstić information content (AvgIpc) is 1.69. The monoisotopic (exact) mass is 119 g/mol. The molecule has 0 aliphatic heterocycles. The Balaban J connectivity index is 0. The van der Waals surface area contributed by atoms with Gasteiger partial charge in [0.2, 0.25) is 6.41 Å². The molecule has 3 nitrogen and oxygen atoms in total. The number of carbonyl (C=O) groups is 1. The van der Waals surface area contributed by atoms with Gasteiger partial charge in [-0.3, -0.25) is 4.79 Å². The van der Waals surface area contributed by atoms with Gasteiger partial charge < -0.3 is 10.8 Å². The Morgan fingerprint density at radius 3 is 2.62 bits per heavy atom. The first-order valence-corrected chi connectivity index (χ1v) is 2.59. The normalized spacial score (nSPS) is 7.12. The van der Waals surface area contributed by atoms with Gasteiger partial charge in [-0.05, 0) is 6.42 Å². The van der Waals surface area contributed by atoms with Gasteiger partial charge in [0.25, 0.3) is 0 Å². The predicted molar refractivity (Wildman–Crippen MR) is 32.6 cm³/mol. The molecule has 0 aliphatic carbocycles. The minimum atomic E-state index is 0. The Hall–Kier alpha value is -0.570. The van der Waals surface area contributed by atoms with E-state index < -0.39 is 0 Å². The predicted octanol–water partition coefficient (Wildman–Crippen LogP) is -0.292. The van der Waals surface area contributed by atoms with Gasteiger partial charge in [0, 0.05) is 6.54 Å². The van der Waals surface area contributed by atoms with E-state index in [1.807, 2.05) is 0 Å². The van der Waals surface area contributed by atoms with Gasteiger partial charge in [-0.1, -0.05) is 13.3 Å². The van der Waals surface area contributed by atoms with Gasteiger partial charge in [-0.25, -0.2) is 0 Å². The molecule has 3 N–H and O–H groups in total. The molecule has 0 unspecified atom stereocenters. The number of amides is 1. The van der Waals surface area contributed by atoms with Crippen molar-refractivity contribution in [2.45, 2.75) is 19.8 Å². The lowest BCUT2D eigenvalue weighted by atomic mass is 10.3. The lowest BCUT2D eigenvalue weighted by Gasteiger charge is -1.90. The first-order valence-electron chi connectivity index (χ1n) is 2.59. The van der Waals surface area contributed by atoms with Crippen LogP contribution in [-0.2, 0) is 4.79 Å². The zero-order chi connectivity index (χ0) is 5.54. The Morgan fingerprint density at radius 2 is 2.25 bits per heavy atom. The summed E-state index contributed by atoms with van der Waals surface area (Å²) >= 11 is 0. The van der Waals surface area contributed by atoms with Crippen LogP contribution in [0, 0.1) is 0 Å². The standard InChI is InChI=1S/C5H11NO.H2O/c1-2-3-4-6-5-7;/h5H,2-4H2,1H3,(H,6,7);1H2. The van der Waals surface area contributed by atoms with Gasteiger partial charge in [0.05, 0.1) is 0 Å². The molecule has 0 aromatic rings. The number of unbranched alkanes of at least 4 members (excludes halogenated alkanes) is 1. The molecule has 0 radical (unpaired) electrons. The van der Waals surface area contributed by atoms with Crippen LogP contribution in [0.25, 0.3) is 0 Å². The van der Waals surface area contributed by atoms with E-state index in [1.165, 1.54) is 0 Å². The number of nitrogens with one attached hydrogen (secondary N) is 1. The summed E-state index contributed by atoms with van der Waals surface area (Å²) in [6, 6.07) is 0. The zero-order valence-electron chi connectivity index (χ0n) is 5.11. The summed E-state index contributed by atoms with van der Waals surface area (Å²) in [4.78, 5) is 9.57. The first kappa shape index (κ1) is 10.4. The topological polar surface area (TPSA) is 60.6 Å². The van der Waals surface area contributed by atoms with Crippen LogP contribution in [0.5, 0.6) is 0 Å². The van der Waals surface area contributed by atoms with E-state index in [9.17, 15) is 4.79 Å². The van der Waals surface area contributed by atoms with Crippen LogP contribution in [0.3, 0.4) is 0 Å². The van der Waals surface area contributed by atoms with Crippen LogP contribution >= 0.6 is 0 Å². The van der Waals surface area contributed by atoms with Gasteiger partial charge >= 0.3 is 0 Å². The summed E-state index contributed by atoms with van der Waals surface area (Å²) in [5.74, 6) is 0. The third-order valence-corrected chi connectivity index (χ3v) is 0.758. The summed E-state index contributed by atoms with van der Waals surface area (Å²) in [5, 5.41) is 2.57. The van der Waals surface area contributed by atoms with Crippen LogP contribution in [-0.4, -0.2) is 18.4 Å². The molecular weight excluding hydrogens is 106 g/mol. The van der Waals surface area contributed by atoms with Crippen molar-refractivity contribution in [3.8, 4) is 0 Å². The molecule has 0 aromatic heterocycles. The Kier molecular flexibility index (Phi) is 12.6. The largest absolute Gasteiger partial charge is 0.412 e. The Bertz CT molecular complexity index is 47.7. The number of rotatable bonds is 4. The van der Waals surface area contributed by atoms with E-state index in [0.717, 1.165) is 25.8 Å². The molecule has 0 aliphatic rings. The maximum Gasteiger partial charge on any atom is 0.207 e. The summed E-state index contributed by atoms with van der Waals surface area (Å²) in [6.07, 6.45) is 2.95. The molecule has 0 saturated carbocycles. The summed E-state index contributed by atoms with van der Waals surface area (Å²) in [5.41, 5.74) is 0. The van der Waals surface area contributed by atoms with Gasteiger partial charge in [0.1, 0.15) is 0 Å². The number of hydrogen-bond donors (Lipinski definition) is 1. The Morgan fingerprint density at radius 1 is 1.62 bits per heavy atom. The third-order valence-electron chi connectivity index (χ3n) is 0.758. The zero-order valence-corrected chi connectivity index (χ0v) is 5.11. The lowest BCUT2D eigenvalue weighted by Crippen LogP contribution is -2.11. The minimum Gasteiger partial charge on any atom is -0.412 e. The molecule has 0 rings (SSSR count). The molecule has 3 heteroatoms. The molecule has 0 atom stereocenters. The van der Waals surface area contributed by atoms with Crippen molar-refractivity contribution in [2.24, 2.45) is 0 Å². The van der Waals surface area contributed by atoms with Crippen molar-refractivity contribution >= 4 is 6.41 Å². The fourth-order valence-corrected chi connectivity index (χ4v) is 0.338. The third kappa shape index (κ3) is 9.06. The van der Waals surface area contributed by atoms with Crippen LogP contribution in [0.15, 0.2) is 0 Å². The minimum absolute atomic E-state index is 0. The Labute approximate surface area is 49.4 Å². The summed E-state index contributed by atoms with van der Waals surface area (Å²) in [6.45, 7) is 2.91. The first-order chi connectivity index (χ1) is 3.41. The van der Waals surface area contributed by atoms with Crippen molar-refractivity contribution < 1.29 is 10.3 Å². The maximum atomic E-state index is 9.57. The molecule has 8 heavy (non-hydrogen) atoms. The molecular formula is C5H13NO2. The van der Waals surface area contributed by atoms with E-state index in [0.29, 0.717) is 0 Å².